The molecule has 2 aliphatic rings. The van der Waals surface area contributed by atoms with Gasteiger partial charge in [-0.05, 0) is 71.0 Å². The maximum absolute atomic E-state index is 6.30. The van der Waals surface area contributed by atoms with Gasteiger partial charge in [-0.1, -0.05) is 5.16 Å². The van der Waals surface area contributed by atoms with Crippen molar-refractivity contribution in [2.24, 2.45) is 0 Å². The average molecular weight is 460 g/mol. The van der Waals surface area contributed by atoms with E-state index in [9.17, 15) is 0 Å². The van der Waals surface area contributed by atoms with Crippen molar-refractivity contribution in [3.05, 3.63) is 29.5 Å². The average Bonchev–Trinajstić information content (AvgIpc) is 3.45. The minimum absolute atomic E-state index is 0.0894. The monoisotopic (exact) mass is 459 g/mol. The zero-order valence-electron chi connectivity index (χ0n) is 19.7. The number of piperidine rings is 1. The van der Waals surface area contributed by atoms with Crippen LogP contribution in [0.2, 0.25) is 0 Å². The highest BCUT2D eigenvalue weighted by molar-refractivity contribution is 6.00. The second-order valence-electron chi connectivity index (χ2n) is 9.65. The van der Waals surface area contributed by atoms with Gasteiger partial charge in [0.1, 0.15) is 23.5 Å². The lowest BCUT2D eigenvalue weighted by Crippen LogP contribution is -2.27. The number of aryl methyl sites for hydroxylation is 1. The summed E-state index contributed by atoms with van der Waals surface area (Å²) in [6.07, 6.45) is 7.80. The molecule has 4 aromatic heterocycles. The van der Waals surface area contributed by atoms with Crippen molar-refractivity contribution in [2.75, 3.05) is 18.8 Å². The lowest BCUT2D eigenvalue weighted by molar-refractivity contribution is 0.386. The van der Waals surface area contributed by atoms with Gasteiger partial charge < -0.3 is 15.6 Å². The second-order valence-corrected chi connectivity index (χ2v) is 9.65. The first-order valence-electron chi connectivity index (χ1n) is 12.1. The van der Waals surface area contributed by atoms with Crippen molar-refractivity contribution in [1.29, 1.82) is 0 Å². The van der Waals surface area contributed by atoms with Gasteiger partial charge in [0.15, 0.2) is 17.2 Å². The normalized spacial score (nSPS) is 17.2. The first kappa shape index (κ1) is 21.2. The highest BCUT2D eigenvalue weighted by Gasteiger charge is 2.36. The SMILES string of the molecule is Cc1nc(-c2c(-c3nn(C(C)C)c4ncnc(N)c34)noc2C2CC2)ncc1C1CCNCC1. The Balaban J connectivity index is 1.52. The number of aromatic nitrogens is 7. The van der Waals surface area contributed by atoms with Crippen molar-refractivity contribution < 1.29 is 4.52 Å². The van der Waals surface area contributed by atoms with Crippen LogP contribution >= 0.6 is 0 Å². The van der Waals surface area contributed by atoms with Crippen LogP contribution in [-0.2, 0) is 0 Å². The Morgan fingerprint density at radius 3 is 2.56 bits per heavy atom. The van der Waals surface area contributed by atoms with E-state index < -0.39 is 0 Å². The summed E-state index contributed by atoms with van der Waals surface area (Å²) in [6, 6.07) is 0.0894. The summed E-state index contributed by atoms with van der Waals surface area (Å²) in [4.78, 5) is 18.5. The van der Waals surface area contributed by atoms with E-state index in [0.29, 0.717) is 45.9 Å². The standard InChI is InChI=1S/C24H29N9O/c1-12(2)33-24-18(22(25)28-11-29-24)19(31-33)20-17(21(34-32-20)15-4-5-15)23-27-10-16(13(3)30-23)14-6-8-26-9-7-14/h10-12,14-15,26H,4-9H2,1-3H3,(H2,25,28,29). The van der Waals surface area contributed by atoms with Gasteiger partial charge in [0.05, 0.1) is 10.9 Å². The van der Waals surface area contributed by atoms with Crippen LogP contribution in [0.5, 0.6) is 0 Å². The van der Waals surface area contributed by atoms with Crippen molar-refractivity contribution in [3.8, 4) is 22.8 Å². The number of hydrogen-bond acceptors (Lipinski definition) is 9. The summed E-state index contributed by atoms with van der Waals surface area (Å²) >= 11 is 0. The van der Waals surface area contributed by atoms with Gasteiger partial charge >= 0.3 is 0 Å². The summed E-state index contributed by atoms with van der Waals surface area (Å²) < 4.78 is 7.76. The molecule has 10 nitrogen and oxygen atoms in total. The fourth-order valence-electron chi connectivity index (χ4n) is 4.96. The molecule has 176 valence electrons. The summed E-state index contributed by atoms with van der Waals surface area (Å²) in [5.41, 5.74) is 11.2. The van der Waals surface area contributed by atoms with Crippen molar-refractivity contribution in [2.45, 2.75) is 64.3 Å². The van der Waals surface area contributed by atoms with Gasteiger partial charge in [0.25, 0.3) is 0 Å². The number of rotatable bonds is 5. The fourth-order valence-corrected chi connectivity index (χ4v) is 4.96. The van der Waals surface area contributed by atoms with E-state index in [0.717, 1.165) is 55.8 Å². The molecule has 0 atom stereocenters. The predicted octanol–water partition coefficient (Wildman–Crippen LogP) is 3.75. The highest BCUT2D eigenvalue weighted by Crippen LogP contribution is 2.48. The van der Waals surface area contributed by atoms with Crippen LogP contribution in [0.4, 0.5) is 5.82 Å². The molecule has 5 heterocycles. The minimum Gasteiger partial charge on any atom is -0.383 e. The molecular formula is C24H29N9O. The van der Waals surface area contributed by atoms with Gasteiger partial charge in [-0.2, -0.15) is 5.10 Å². The number of anilines is 1. The number of nitrogens with two attached hydrogens (primary N) is 1. The van der Waals surface area contributed by atoms with E-state index in [2.05, 4.69) is 41.2 Å². The molecular weight excluding hydrogens is 430 g/mol. The molecule has 0 aromatic carbocycles. The Kier molecular flexibility index (Phi) is 5.05. The molecule has 0 unspecified atom stereocenters. The molecule has 1 saturated heterocycles. The molecule has 1 aliphatic carbocycles. The molecule has 3 N–H and O–H groups in total. The number of nitrogen functional groups attached to an aromatic ring is 1. The summed E-state index contributed by atoms with van der Waals surface area (Å²) in [5, 5.41) is 13.4. The zero-order chi connectivity index (χ0) is 23.4. The third kappa shape index (κ3) is 3.44. The third-order valence-corrected chi connectivity index (χ3v) is 6.92. The lowest BCUT2D eigenvalue weighted by atomic mass is 9.90. The Hall–Kier alpha value is -3.40. The molecule has 0 spiro atoms. The van der Waals surface area contributed by atoms with Crippen LogP contribution in [-0.4, -0.2) is 48.0 Å². The van der Waals surface area contributed by atoms with E-state index in [4.69, 9.17) is 25.3 Å². The summed E-state index contributed by atoms with van der Waals surface area (Å²) in [7, 11) is 0. The topological polar surface area (TPSA) is 133 Å². The molecule has 0 amide bonds. The van der Waals surface area contributed by atoms with E-state index in [-0.39, 0.29) is 6.04 Å². The Morgan fingerprint density at radius 2 is 1.85 bits per heavy atom. The van der Waals surface area contributed by atoms with Gasteiger partial charge in [0, 0.05) is 23.9 Å². The zero-order valence-corrected chi connectivity index (χ0v) is 19.7. The Labute approximate surface area is 197 Å². The maximum atomic E-state index is 6.30. The van der Waals surface area contributed by atoms with Crippen LogP contribution in [0.1, 0.15) is 74.4 Å². The van der Waals surface area contributed by atoms with Crippen molar-refractivity contribution >= 4 is 16.9 Å². The van der Waals surface area contributed by atoms with Crippen LogP contribution < -0.4 is 11.1 Å². The van der Waals surface area contributed by atoms with Gasteiger partial charge in [-0.15, -0.1) is 0 Å². The molecule has 1 aliphatic heterocycles. The van der Waals surface area contributed by atoms with Gasteiger partial charge in [-0.25, -0.2) is 24.6 Å². The first-order chi connectivity index (χ1) is 16.5. The number of nitrogens with zero attached hydrogens (tertiary/aromatic N) is 7. The molecule has 0 radical (unpaired) electrons. The Morgan fingerprint density at radius 1 is 1.06 bits per heavy atom. The van der Waals surface area contributed by atoms with Gasteiger partial charge in [0.2, 0.25) is 0 Å². The summed E-state index contributed by atoms with van der Waals surface area (Å²) in [5.74, 6) is 2.63. The highest BCUT2D eigenvalue weighted by atomic mass is 16.5. The largest absolute Gasteiger partial charge is 0.383 e. The third-order valence-electron chi connectivity index (χ3n) is 6.92. The minimum atomic E-state index is 0.0894. The fraction of sp³-hybridized carbons (Fsp3) is 0.500. The van der Waals surface area contributed by atoms with E-state index in [1.54, 1.807) is 0 Å². The van der Waals surface area contributed by atoms with Crippen LogP contribution in [0.15, 0.2) is 17.0 Å². The Bertz CT molecular complexity index is 1360. The van der Waals surface area contributed by atoms with Crippen LogP contribution in [0.3, 0.4) is 0 Å². The molecule has 6 rings (SSSR count). The number of hydrogen-bond donors (Lipinski definition) is 2. The van der Waals surface area contributed by atoms with Gasteiger partial charge in [-0.3, -0.25) is 0 Å². The number of fused-ring (bicyclic) bond motifs is 1. The van der Waals surface area contributed by atoms with E-state index in [1.165, 1.54) is 11.9 Å². The summed E-state index contributed by atoms with van der Waals surface area (Å²) in [6.45, 7) is 8.24. The molecule has 10 heteroatoms. The molecule has 0 bridgehead atoms. The van der Waals surface area contributed by atoms with Crippen LogP contribution in [0.25, 0.3) is 33.8 Å². The quantitative estimate of drug-likeness (QED) is 0.457. The van der Waals surface area contributed by atoms with Crippen molar-refractivity contribution in [3.63, 3.8) is 0 Å². The predicted molar refractivity (Wildman–Crippen MR) is 128 cm³/mol. The first-order valence-corrected chi connectivity index (χ1v) is 12.1. The molecule has 34 heavy (non-hydrogen) atoms. The lowest BCUT2D eigenvalue weighted by Gasteiger charge is -2.23. The molecule has 4 aromatic rings. The van der Waals surface area contributed by atoms with E-state index >= 15 is 0 Å². The molecule has 2 fully saturated rings. The van der Waals surface area contributed by atoms with E-state index in [1.807, 2.05) is 10.9 Å². The molecule has 1 saturated carbocycles. The maximum Gasteiger partial charge on any atom is 0.165 e. The second kappa shape index (κ2) is 8.12. The van der Waals surface area contributed by atoms with Crippen molar-refractivity contribution in [1.82, 2.24) is 40.2 Å². The number of nitrogens with one attached hydrogen (secondary N) is 1. The smallest absolute Gasteiger partial charge is 0.165 e. The van der Waals surface area contributed by atoms with Crippen LogP contribution in [0, 0.1) is 6.92 Å².